The number of nitrogens with zero attached hydrogens (tertiary/aromatic N) is 8. The van der Waals surface area contributed by atoms with E-state index >= 15 is 9.59 Å². The molecule has 5 rings (SSSR count). The lowest BCUT2D eigenvalue weighted by molar-refractivity contribution is -0.176. The average molecular weight is 1140 g/mol. The number of aryl methyl sites for hydroxylation is 2. The van der Waals surface area contributed by atoms with Crippen LogP contribution in [0, 0.1) is 37.5 Å². The molecule has 2 aromatic carbocycles. The van der Waals surface area contributed by atoms with Crippen LogP contribution in [0.2, 0.25) is 0 Å². The van der Waals surface area contributed by atoms with E-state index in [9.17, 15) is 28.8 Å². The SMILES string of the molecule is Cc1cnn(Cc2ccc(C[C@H]3OC(=O)[C@H](CC(C)C)N(C)C(=O)[C@@H](C)OC(=O)[C@H](CC(C)C)N(C)C(=O)[C@@H](Cc4cccc(Cn5cc(C)cn5)c4)OC(=O)[C@H](CC(C)C)N(C)C(=O)[C@@H](C)OC(=O)[C@H](CC(C)C)N(C)C3=O)cc2)c1. The number of carbonyl (C=O) groups excluding carboxylic acids is 8. The highest BCUT2D eigenvalue weighted by atomic mass is 16.6. The summed E-state index contributed by atoms with van der Waals surface area (Å²) in [5.74, 6) is -7.43. The molecule has 1 fully saturated rings. The number of carbonyl (C=O) groups is 8. The molecule has 4 aromatic rings. The van der Waals surface area contributed by atoms with Crippen molar-refractivity contribution in [2.75, 3.05) is 28.2 Å². The molecule has 0 saturated carbocycles. The smallest absolute Gasteiger partial charge is 0.329 e. The van der Waals surface area contributed by atoms with Gasteiger partial charge in [-0.15, -0.1) is 0 Å². The molecule has 20 nitrogen and oxygen atoms in total. The van der Waals surface area contributed by atoms with Crippen LogP contribution in [0.5, 0.6) is 0 Å². The largest absolute Gasteiger partial charge is 0.451 e. The lowest BCUT2D eigenvalue weighted by Crippen LogP contribution is -2.55. The number of amides is 4. The van der Waals surface area contributed by atoms with Crippen LogP contribution in [0.1, 0.15) is 128 Å². The highest BCUT2D eigenvalue weighted by molar-refractivity contribution is 5.94. The van der Waals surface area contributed by atoms with Crippen molar-refractivity contribution in [1.82, 2.24) is 39.2 Å². The summed E-state index contributed by atoms with van der Waals surface area (Å²) in [6, 6.07) is 9.60. The van der Waals surface area contributed by atoms with E-state index < -0.39 is 96.1 Å². The van der Waals surface area contributed by atoms with Crippen LogP contribution in [0.15, 0.2) is 73.3 Å². The predicted octanol–water partition coefficient (Wildman–Crippen LogP) is 6.77. The Morgan fingerprint density at radius 2 is 0.744 bits per heavy atom. The minimum absolute atomic E-state index is 0.0814. The van der Waals surface area contributed by atoms with Crippen LogP contribution in [0.3, 0.4) is 0 Å². The van der Waals surface area contributed by atoms with Crippen molar-refractivity contribution in [1.29, 1.82) is 0 Å². The third-order valence-corrected chi connectivity index (χ3v) is 14.5. The molecule has 1 aliphatic heterocycles. The Labute approximate surface area is 484 Å². The van der Waals surface area contributed by atoms with Gasteiger partial charge < -0.3 is 38.5 Å². The van der Waals surface area contributed by atoms with Crippen LogP contribution in [0.25, 0.3) is 0 Å². The van der Waals surface area contributed by atoms with Crippen LogP contribution in [0.4, 0.5) is 0 Å². The Morgan fingerprint density at radius 1 is 0.427 bits per heavy atom. The molecule has 3 heterocycles. The molecule has 0 N–H and O–H groups in total. The highest BCUT2D eigenvalue weighted by Gasteiger charge is 2.43. The number of benzene rings is 2. The van der Waals surface area contributed by atoms with Gasteiger partial charge in [0.25, 0.3) is 23.6 Å². The van der Waals surface area contributed by atoms with Crippen LogP contribution >= 0.6 is 0 Å². The van der Waals surface area contributed by atoms with Crippen molar-refractivity contribution in [3.05, 3.63) is 107 Å². The minimum atomic E-state index is -1.54. The van der Waals surface area contributed by atoms with E-state index in [-0.39, 0.29) is 62.2 Å². The fourth-order valence-electron chi connectivity index (χ4n) is 10.0. The molecule has 8 atom stereocenters. The summed E-state index contributed by atoms with van der Waals surface area (Å²) in [7, 11) is 5.58. The summed E-state index contributed by atoms with van der Waals surface area (Å²) >= 11 is 0. The second-order valence-corrected chi connectivity index (χ2v) is 23.9. The number of esters is 4. The Balaban J connectivity index is 1.60. The first-order valence-electron chi connectivity index (χ1n) is 28.6. The van der Waals surface area contributed by atoms with Gasteiger partial charge in [-0.2, -0.15) is 10.2 Å². The molecule has 0 radical (unpaired) electrons. The summed E-state index contributed by atoms with van der Waals surface area (Å²) in [4.78, 5) is 122. The molecule has 1 saturated heterocycles. The van der Waals surface area contributed by atoms with Gasteiger partial charge in [0.1, 0.15) is 24.2 Å². The maximum Gasteiger partial charge on any atom is 0.329 e. The van der Waals surface area contributed by atoms with Crippen LogP contribution in [-0.2, 0) is 83.2 Å². The van der Waals surface area contributed by atoms with Crippen molar-refractivity contribution >= 4 is 47.5 Å². The van der Waals surface area contributed by atoms with Gasteiger partial charge in [-0.05, 0) is 110 Å². The number of hydrogen-bond acceptors (Lipinski definition) is 14. The number of cyclic esters (lactones) is 4. The quantitative estimate of drug-likeness (QED) is 0.0835. The molecule has 0 aliphatic carbocycles. The molecule has 2 aromatic heterocycles. The summed E-state index contributed by atoms with van der Waals surface area (Å²) in [5.41, 5.74) is 4.99. The maximum absolute atomic E-state index is 15.1. The number of ether oxygens (including phenoxy) is 4. The summed E-state index contributed by atoms with van der Waals surface area (Å²) < 4.78 is 27.9. The van der Waals surface area contributed by atoms with E-state index in [0.29, 0.717) is 24.2 Å². The van der Waals surface area contributed by atoms with Crippen molar-refractivity contribution in [2.24, 2.45) is 23.7 Å². The van der Waals surface area contributed by atoms with E-state index in [1.165, 1.54) is 46.9 Å². The Morgan fingerprint density at radius 3 is 1.10 bits per heavy atom. The zero-order valence-electron chi connectivity index (χ0n) is 51.0. The molecular formula is C62H88N8O12. The van der Waals surface area contributed by atoms with Gasteiger partial charge in [0, 0.05) is 53.4 Å². The fourth-order valence-corrected chi connectivity index (χ4v) is 10.0. The van der Waals surface area contributed by atoms with Crippen molar-refractivity contribution in [3.8, 4) is 0 Å². The Kier molecular flexibility index (Phi) is 23.6. The lowest BCUT2D eigenvalue weighted by atomic mass is 9.99. The molecule has 82 heavy (non-hydrogen) atoms. The summed E-state index contributed by atoms with van der Waals surface area (Å²) in [6.45, 7) is 22.3. The number of hydrogen-bond donors (Lipinski definition) is 0. The number of rotatable bonds is 16. The standard InChI is InChI=1S/C62H88N8O12/c1-37(2)24-49-59(75)79-44(12)56(72)66(14)52(27-40(7)8)62(78)82-54(30-47-18-17-19-48(28-47)36-70-34-42(10)32-64-70)58(74)68(16)50(25-38(3)4)60(76)80-43(11)55(71)65(13)51(26-39(5)6)61(77)81-53(57(73)67(49)15)29-45-20-22-46(23-21-45)35-69-33-41(9)31-63-69/h17-23,28,31-34,37-40,43-44,49-54H,24-27,29-30,35-36H2,1-16H3/t43-,44-,49+,50+,51+,52+,53-,54-/m1/s1. The maximum atomic E-state index is 15.1. The first-order valence-corrected chi connectivity index (χ1v) is 28.6. The van der Waals surface area contributed by atoms with Gasteiger partial charge in [-0.1, -0.05) is 104 Å². The molecule has 0 bridgehead atoms. The molecular weight excluding hydrogens is 1050 g/mol. The van der Waals surface area contributed by atoms with E-state index in [1.54, 1.807) is 27.8 Å². The molecule has 0 unspecified atom stereocenters. The van der Waals surface area contributed by atoms with Crippen LogP contribution < -0.4 is 0 Å². The third kappa shape index (κ3) is 18.3. The van der Waals surface area contributed by atoms with E-state index in [0.717, 1.165) is 37.0 Å². The summed E-state index contributed by atoms with van der Waals surface area (Å²) in [5, 5.41) is 8.78. The van der Waals surface area contributed by atoms with Gasteiger partial charge in [0.15, 0.2) is 24.4 Å². The van der Waals surface area contributed by atoms with E-state index in [1.807, 2.05) is 124 Å². The van der Waals surface area contributed by atoms with E-state index in [2.05, 4.69) is 10.2 Å². The zero-order chi connectivity index (χ0) is 60.9. The highest BCUT2D eigenvalue weighted by Crippen LogP contribution is 2.25. The minimum Gasteiger partial charge on any atom is -0.451 e. The predicted molar refractivity (Wildman–Crippen MR) is 307 cm³/mol. The second kappa shape index (κ2) is 29.6. The van der Waals surface area contributed by atoms with Gasteiger partial charge >= 0.3 is 23.9 Å². The monoisotopic (exact) mass is 1140 g/mol. The molecule has 0 spiro atoms. The Hall–Kier alpha value is -7.38. The molecule has 20 heteroatoms. The normalized spacial score (nSPS) is 23.0. The number of aromatic nitrogens is 4. The van der Waals surface area contributed by atoms with E-state index in [4.69, 9.17) is 18.9 Å². The lowest BCUT2D eigenvalue weighted by Gasteiger charge is -2.35. The second-order valence-electron chi connectivity index (χ2n) is 23.9. The molecule has 448 valence electrons. The third-order valence-electron chi connectivity index (χ3n) is 14.5. The van der Waals surface area contributed by atoms with Gasteiger partial charge in [-0.3, -0.25) is 28.5 Å². The van der Waals surface area contributed by atoms with Gasteiger partial charge in [0.05, 0.1) is 25.5 Å². The Bertz CT molecular complexity index is 2820. The van der Waals surface area contributed by atoms with Crippen molar-refractivity contribution < 1.29 is 57.3 Å². The van der Waals surface area contributed by atoms with Gasteiger partial charge in [-0.25, -0.2) is 19.2 Å². The van der Waals surface area contributed by atoms with Gasteiger partial charge in [0.2, 0.25) is 0 Å². The van der Waals surface area contributed by atoms with Crippen LogP contribution in [-0.4, -0.2) is 163 Å². The molecule has 1 aliphatic rings. The number of likely N-dealkylation sites (N-methyl/N-ethyl adjacent to an activating group) is 4. The summed E-state index contributed by atoms with van der Waals surface area (Å²) in [6.07, 6.45) is 1.33. The average Bonchev–Trinajstić information content (AvgIpc) is 4.08. The topological polar surface area (TPSA) is 222 Å². The first-order chi connectivity index (χ1) is 38.5. The first kappa shape index (κ1) is 65.4. The fraction of sp³-hybridized carbons (Fsp3) is 0.581. The zero-order valence-corrected chi connectivity index (χ0v) is 51.0. The van der Waals surface area contributed by atoms with Crippen molar-refractivity contribution in [3.63, 3.8) is 0 Å². The van der Waals surface area contributed by atoms with Crippen molar-refractivity contribution in [2.45, 2.75) is 183 Å². The molecule has 4 amide bonds.